The Morgan fingerprint density at radius 2 is 1.96 bits per heavy atom. The highest BCUT2D eigenvalue weighted by Crippen LogP contribution is 2.79. The van der Waals surface area contributed by atoms with Crippen LogP contribution in [-0.2, 0) is 14.3 Å². The van der Waals surface area contributed by atoms with Crippen LogP contribution in [0.15, 0.2) is 12.2 Å². The summed E-state index contributed by atoms with van der Waals surface area (Å²) < 4.78 is 12.1. The molecule has 4 aliphatic carbocycles. The van der Waals surface area contributed by atoms with Crippen LogP contribution in [0.2, 0.25) is 0 Å². The highest BCUT2D eigenvalue weighted by molar-refractivity contribution is 6.05. The van der Waals surface area contributed by atoms with Crippen molar-refractivity contribution in [1.29, 1.82) is 0 Å². The van der Waals surface area contributed by atoms with Crippen molar-refractivity contribution < 1.29 is 29.6 Å². The molecule has 26 heavy (non-hydrogen) atoms. The lowest BCUT2D eigenvalue weighted by Crippen LogP contribution is -2.87. The van der Waals surface area contributed by atoms with Gasteiger partial charge in [0, 0.05) is 17.3 Å². The molecular weight excluding hydrogens is 336 g/mol. The minimum absolute atomic E-state index is 0.192. The first-order chi connectivity index (χ1) is 12.2. The van der Waals surface area contributed by atoms with Crippen LogP contribution < -0.4 is 0 Å². The number of aliphatic hydroxyl groups excluding tert-OH is 2. The number of rotatable bonds is 0. The van der Waals surface area contributed by atoms with E-state index in [1.54, 1.807) is 0 Å². The van der Waals surface area contributed by atoms with Crippen molar-refractivity contribution >= 4 is 5.78 Å². The molecule has 0 aromatic rings. The van der Waals surface area contributed by atoms with Gasteiger partial charge < -0.3 is 24.8 Å². The highest BCUT2D eigenvalue weighted by atomic mass is 16.8. The Balaban J connectivity index is 1.67. The van der Waals surface area contributed by atoms with E-state index < -0.39 is 35.1 Å². The maximum atomic E-state index is 13.4. The third-order valence-electron chi connectivity index (χ3n) is 9.21. The first kappa shape index (κ1) is 16.2. The fourth-order valence-electron chi connectivity index (χ4n) is 8.44. The van der Waals surface area contributed by atoms with E-state index in [2.05, 4.69) is 13.5 Å². The summed E-state index contributed by atoms with van der Waals surface area (Å²) in [6.07, 6.45) is 1.18. The van der Waals surface area contributed by atoms with E-state index in [0.29, 0.717) is 18.6 Å². The largest absolute Gasteiger partial charge is 0.391 e. The molecule has 7 rings (SSSR count). The van der Waals surface area contributed by atoms with Crippen LogP contribution in [0.1, 0.15) is 39.0 Å². The van der Waals surface area contributed by atoms with Crippen molar-refractivity contribution in [2.45, 2.75) is 63.3 Å². The summed E-state index contributed by atoms with van der Waals surface area (Å²) in [4.78, 5) is 13.4. The Bertz CT molecular complexity index is 751. The van der Waals surface area contributed by atoms with Crippen molar-refractivity contribution in [3.05, 3.63) is 12.2 Å². The van der Waals surface area contributed by atoms with E-state index in [1.165, 1.54) is 0 Å². The van der Waals surface area contributed by atoms with E-state index in [4.69, 9.17) is 9.47 Å². The zero-order valence-electron chi connectivity index (χ0n) is 15.0. The van der Waals surface area contributed by atoms with E-state index in [9.17, 15) is 20.1 Å². The molecule has 3 saturated heterocycles. The molecule has 7 fully saturated rings. The molecule has 10 atom stereocenters. The molecule has 3 heterocycles. The van der Waals surface area contributed by atoms with Gasteiger partial charge in [-0.1, -0.05) is 19.9 Å². The van der Waals surface area contributed by atoms with Crippen LogP contribution in [0.25, 0.3) is 0 Å². The molecule has 0 aromatic carbocycles. The molecule has 0 radical (unpaired) electrons. The number of fused-ring (bicyclic) bond motifs is 1. The fourth-order valence-corrected chi connectivity index (χ4v) is 8.44. The molecule has 142 valence electrons. The van der Waals surface area contributed by atoms with Gasteiger partial charge in [-0.2, -0.15) is 0 Å². The lowest BCUT2D eigenvalue weighted by molar-refractivity contribution is -0.522. The molecule has 6 nitrogen and oxygen atoms in total. The van der Waals surface area contributed by atoms with Gasteiger partial charge in [-0.3, -0.25) is 4.79 Å². The Kier molecular flexibility index (Phi) is 2.66. The molecule has 4 saturated carbocycles. The standard InChI is InChI=1S/C20H26O6/c1-9-10-4-5-11-18-7-3-6-17(2)8-25-16(18)26-20(24,15(23)12(17)18)19(11,13(9)21)14(10)22/h10-12,14-16,22-24H,1,3-8H2,2H3/t10-,11-,12+,14+,15-,16+,17-,18+,19-,20+/m0/s1. The topological polar surface area (TPSA) is 96.2 Å². The molecule has 0 aromatic heterocycles. The fraction of sp³-hybridized carbons (Fsp3) is 0.850. The maximum absolute atomic E-state index is 13.4. The summed E-state index contributed by atoms with van der Waals surface area (Å²) in [7, 11) is 0. The lowest BCUT2D eigenvalue weighted by Gasteiger charge is -2.77. The van der Waals surface area contributed by atoms with Gasteiger partial charge in [-0.25, -0.2) is 0 Å². The Labute approximate surface area is 152 Å². The van der Waals surface area contributed by atoms with Crippen LogP contribution in [0.3, 0.4) is 0 Å². The first-order valence-electron chi connectivity index (χ1n) is 9.87. The second-order valence-electron chi connectivity index (χ2n) is 9.90. The summed E-state index contributed by atoms with van der Waals surface area (Å²) in [6, 6.07) is 0. The number of ether oxygens (including phenoxy) is 2. The van der Waals surface area contributed by atoms with Gasteiger partial charge in [-0.15, -0.1) is 0 Å². The van der Waals surface area contributed by atoms with Crippen LogP contribution in [-0.4, -0.2) is 52.0 Å². The predicted octanol–water partition coefficient (Wildman–Crippen LogP) is 0.741. The van der Waals surface area contributed by atoms with Gasteiger partial charge in [0.2, 0.25) is 5.79 Å². The third-order valence-corrected chi connectivity index (χ3v) is 9.21. The van der Waals surface area contributed by atoms with Crippen molar-refractivity contribution in [3.63, 3.8) is 0 Å². The number of carbonyl (C=O) groups excluding carboxylic acids is 1. The molecule has 3 N–H and O–H groups in total. The molecule has 0 amide bonds. The summed E-state index contributed by atoms with van der Waals surface area (Å²) in [5.74, 6) is -3.25. The van der Waals surface area contributed by atoms with Crippen molar-refractivity contribution in [2.75, 3.05) is 6.61 Å². The monoisotopic (exact) mass is 362 g/mol. The molecule has 6 heteroatoms. The third kappa shape index (κ3) is 1.24. The van der Waals surface area contributed by atoms with Crippen molar-refractivity contribution in [2.24, 2.45) is 34.0 Å². The average molecular weight is 362 g/mol. The van der Waals surface area contributed by atoms with E-state index >= 15 is 0 Å². The van der Waals surface area contributed by atoms with Gasteiger partial charge in [0.1, 0.15) is 11.5 Å². The first-order valence-corrected chi connectivity index (χ1v) is 9.87. The Morgan fingerprint density at radius 1 is 1.19 bits per heavy atom. The van der Waals surface area contributed by atoms with Gasteiger partial charge in [-0.05, 0) is 42.6 Å². The van der Waals surface area contributed by atoms with E-state index in [-0.39, 0.29) is 29.0 Å². The maximum Gasteiger partial charge on any atom is 0.211 e. The second-order valence-corrected chi connectivity index (χ2v) is 9.90. The van der Waals surface area contributed by atoms with Gasteiger partial charge in [0.05, 0.1) is 12.7 Å². The van der Waals surface area contributed by atoms with Crippen molar-refractivity contribution in [1.82, 2.24) is 0 Å². The molecule has 0 unspecified atom stereocenters. The summed E-state index contributed by atoms with van der Waals surface area (Å²) >= 11 is 0. The summed E-state index contributed by atoms with van der Waals surface area (Å²) in [6.45, 7) is 6.53. The van der Waals surface area contributed by atoms with E-state index in [1.807, 2.05) is 0 Å². The van der Waals surface area contributed by atoms with Crippen LogP contribution in [0, 0.1) is 34.0 Å². The molecular formula is C20H26O6. The number of hydrogen-bond donors (Lipinski definition) is 3. The predicted molar refractivity (Wildman–Crippen MR) is 88.5 cm³/mol. The minimum Gasteiger partial charge on any atom is -0.391 e. The number of hydrogen-bond acceptors (Lipinski definition) is 6. The minimum atomic E-state index is -2.12. The zero-order valence-corrected chi connectivity index (χ0v) is 15.0. The summed E-state index contributed by atoms with van der Waals surface area (Å²) in [5, 5.41) is 34.3. The molecule has 2 spiro atoms. The number of Topliss-reactive ketones (excluding diaryl/α,β-unsaturated/α-hetero) is 1. The number of aliphatic hydroxyl groups is 3. The van der Waals surface area contributed by atoms with Gasteiger partial charge in [0.25, 0.3) is 0 Å². The lowest BCUT2D eigenvalue weighted by atomic mass is 9.35. The van der Waals surface area contributed by atoms with Crippen LogP contribution in [0.4, 0.5) is 0 Å². The SMILES string of the molecule is C=C1C(=O)[C@]23[C@H](O)[C@H]1CC[C@H]2[C@@]12CCC[C@@]4(C)CO[C@@H]1O[C@]3(O)[C@@H](O)[C@H]42. The second kappa shape index (κ2) is 4.28. The Hall–Kier alpha value is -0.790. The number of ketones is 1. The highest BCUT2D eigenvalue weighted by Gasteiger charge is 2.88. The average Bonchev–Trinajstić information content (AvgIpc) is 2.70. The zero-order chi connectivity index (χ0) is 18.3. The number of carbonyl (C=O) groups is 1. The van der Waals surface area contributed by atoms with Crippen molar-refractivity contribution in [3.8, 4) is 0 Å². The van der Waals surface area contributed by atoms with Gasteiger partial charge in [0.15, 0.2) is 12.1 Å². The van der Waals surface area contributed by atoms with Crippen LogP contribution >= 0.6 is 0 Å². The normalized spacial score (nSPS) is 65.2. The molecule has 3 aliphatic heterocycles. The van der Waals surface area contributed by atoms with Gasteiger partial charge >= 0.3 is 0 Å². The molecule has 7 aliphatic rings. The Morgan fingerprint density at radius 3 is 2.73 bits per heavy atom. The van der Waals surface area contributed by atoms with Crippen LogP contribution in [0.5, 0.6) is 0 Å². The molecule has 7 bridgehead atoms. The quantitative estimate of drug-likeness (QED) is 0.550. The smallest absolute Gasteiger partial charge is 0.211 e. The summed E-state index contributed by atoms with van der Waals surface area (Å²) in [5.41, 5.74) is -1.94. The van der Waals surface area contributed by atoms with E-state index in [0.717, 1.165) is 25.7 Å².